The topological polar surface area (TPSA) is 9.23 Å². The number of ether oxygens (including phenoxy) is 1. The van der Waals surface area contributed by atoms with Gasteiger partial charge in [0.1, 0.15) is 0 Å². The normalized spacial score (nSPS) is 14.7. The Morgan fingerprint density at radius 2 is 1.73 bits per heavy atom. The van der Waals surface area contributed by atoms with E-state index < -0.39 is 6.37 Å². The van der Waals surface area contributed by atoms with Gasteiger partial charge >= 0.3 is 0 Å². The molecule has 0 fully saturated rings. The van der Waals surface area contributed by atoms with E-state index in [1.165, 1.54) is 6.42 Å². The molecule has 0 aromatic rings. The zero-order valence-corrected chi connectivity index (χ0v) is 10.6. The highest BCUT2D eigenvalue weighted by Crippen LogP contribution is 2.16. The van der Waals surface area contributed by atoms with E-state index in [2.05, 4.69) is 13.8 Å². The maximum Gasteiger partial charge on any atom is 0.0816 e. The lowest BCUT2D eigenvalue weighted by atomic mass is 10.0. The van der Waals surface area contributed by atoms with Gasteiger partial charge < -0.3 is 4.74 Å². The summed E-state index contributed by atoms with van der Waals surface area (Å²) < 4.78 is 21.3. The van der Waals surface area contributed by atoms with E-state index in [-0.39, 0.29) is 0 Å². The van der Waals surface area contributed by atoms with Crippen LogP contribution in [0.4, 0.5) is 0 Å². The van der Waals surface area contributed by atoms with E-state index in [1.807, 2.05) is 0 Å². The van der Waals surface area contributed by atoms with Gasteiger partial charge in [0.05, 0.1) is 13.4 Å². The van der Waals surface area contributed by atoms with Gasteiger partial charge in [0, 0.05) is 2.74 Å². The summed E-state index contributed by atoms with van der Waals surface area (Å²) in [4.78, 5) is 0. The van der Waals surface area contributed by atoms with Crippen LogP contribution >= 0.6 is 0 Å². The smallest absolute Gasteiger partial charge is 0.0816 e. The molecule has 0 heterocycles. The molecule has 0 aromatic carbocycles. The summed E-state index contributed by atoms with van der Waals surface area (Å²) >= 11 is 0. The van der Waals surface area contributed by atoms with E-state index in [1.54, 1.807) is 13.4 Å². The van der Waals surface area contributed by atoms with E-state index in [4.69, 9.17) is 7.48 Å². The monoisotopic (exact) mass is 214 g/mol. The highest BCUT2D eigenvalue weighted by Gasteiger charge is 1.98. The van der Waals surface area contributed by atoms with Crippen molar-refractivity contribution in [2.24, 2.45) is 0 Å². The molecule has 0 radical (unpaired) electrons. The largest absolute Gasteiger partial charge is 0.504 e. The predicted molar refractivity (Wildman–Crippen MR) is 68.0 cm³/mol. The summed E-state index contributed by atoms with van der Waals surface area (Å²) in [7, 11) is 1.60. The van der Waals surface area contributed by atoms with Gasteiger partial charge in [0.25, 0.3) is 0 Å². The molecule has 15 heavy (non-hydrogen) atoms. The lowest BCUT2D eigenvalue weighted by Crippen LogP contribution is -1.88. The fourth-order valence-electron chi connectivity index (χ4n) is 1.52. The van der Waals surface area contributed by atoms with Crippen LogP contribution in [0.2, 0.25) is 0 Å². The molecule has 0 spiro atoms. The molecule has 0 saturated carbocycles. The van der Waals surface area contributed by atoms with Crippen LogP contribution in [-0.4, -0.2) is 7.11 Å². The molecule has 0 rings (SSSR count). The Hall–Kier alpha value is -0.460. The molecule has 0 atom stereocenters. The van der Waals surface area contributed by atoms with Gasteiger partial charge in [-0.3, -0.25) is 0 Å². The number of methoxy groups -OCH3 is 1. The average molecular weight is 214 g/mol. The van der Waals surface area contributed by atoms with Crippen molar-refractivity contribution in [3.8, 4) is 0 Å². The van der Waals surface area contributed by atoms with Crippen molar-refractivity contribution in [1.29, 1.82) is 0 Å². The predicted octanol–water partition coefficient (Wildman–Crippen LogP) is 5.07. The highest BCUT2D eigenvalue weighted by molar-refractivity contribution is 4.97. The van der Waals surface area contributed by atoms with Gasteiger partial charge in [-0.1, -0.05) is 46.0 Å². The molecule has 0 aliphatic carbocycles. The fraction of sp³-hybridized carbons (Fsp3) is 0.857. The zero-order chi connectivity index (χ0) is 13.1. The summed E-state index contributed by atoms with van der Waals surface area (Å²) in [6.45, 7) is 4.30. The number of hydrogen-bond donors (Lipinski definition) is 0. The maximum absolute atomic E-state index is 8.12. The van der Waals surface area contributed by atoms with Crippen molar-refractivity contribution < 1.29 is 7.48 Å². The Labute approximate surface area is 98.7 Å². The third-order valence-electron chi connectivity index (χ3n) is 2.44. The van der Waals surface area contributed by atoms with Gasteiger partial charge in [-0.25, -0.2) is 0 Å². The highest BCUT2D eigenvalue weighted by atomic mass is 16.5. The van der Waals surface area contributed by atoms with Crippen molar-refractivity contribution in [2.45, 2.75) is 71.6 Å². The van der Waals surface area contributed by atoms with Crippen LogP contribution < -0.4 is 0 Å². The lowest BCUT2D eigenvalue weighted by Gasteiger charge is -2.06. The van der Waals surface area contributed by atoms with Gasteiger partial charge in [0.2, 0.25) is 0 Å². The van der Waals surface area contributed by atoms with Crippen molar-refractivity contribution in [3.05, 3.63) is 11.8 Å². The van der Waals surface area contributed by atoms with E-state index in [0.29, 0.717) is 6.42 Å². The molecule has 90 valence electrons. The summed E-state index contributed by atoms with van der Waals surface area (Å²) in [6, 6.07) is 0. The lowest BCUT2D eigenvalue weighted by molar-refractivity contribution is 0.330. The Morgan fingerprint density at radius 1 is 1.07 bits per heavy atom. The van der Waals surface area contributed by atoms with Gasteiger partial charge in [-0.05, 0) is 31.2 Å². The molecule has 0 aromatic heterocycles. The molecule has 0 aliphatic rings. The van der Waals surface area contributed by atoms with Crippen molar-refractivity contribution in [1.82, 2.24) is 0 Å². The molecule has 0 unspecified atom stereocenters. The first kappa shape index (κ1) is 11.0. The number of rotatable bonds is 10. The molecule has 0 N–H and O–H groups in total. The van der Waals surface area contributed by atoms with Crippen LogP contribution in [0.15, 0.2) is 11.8 Å². The number of allylic oxidation sites excluding steroid dienone is 1. The van der Waals surface area contributed by atoms with Gasteiger partial charge in [-0.2, -0.15) is 0 Å². The van der Waals surface area contributed by atoms with Crippen LogP contribution in [0.25, 0.3) is 0 Å². The Balaban J connectivity index is 4.29. The van der Waals surface area contributed by atoms with Crippen LogP contribution in [-0.2, 0) is 4.74 Å². The molecule has 0 aliphatic heterocycles. The summed E-state index contributed by atoms with van der Waals surface area (Å²) in [5, 5.41) is 0. The first-order valence-electron chi connectivity index (χ1n) is 7.30. The standard InChI is InChI=1S/C14H28O/c1-4-6-8-10-12-14(13-15-3)11-9-7-5-2/h13H,4-12H2,1-3H3/b14-13-/i12D2. The molecule has 0 amide bonds. The summed E-state index contributed by atoms with van der Waals surface area (Å²) in [5.74, 6) is 0. The second-order valence-corrected chi connectivity index (χ2v) is 3.97. The second kappa shape index (κ2) is 11.6. The minimum absolute atomic E-state index is 0.613. The first-order valence-corrected chi connectivity index (χ1v) is 6.30. The Kier molecular flexibility index (Phi) is 8.55. The molecule has 0 saturated heterocycles. The van der Waals surface area contributed by atoms with Gasteiger partial charge in [0.15, 0.2) is 0 Å². The molecule has 0 bridgehead atoms. The summed E-state index contributed by atoms with van der Waals surface area (Å²) in [6.07, 6.45) is 8.43. The zero-order valence-electron chi connectivity index (χ0n) is 12.6. The minimum atomic E-state index is -1.20. The van der Waals surface area contributed by atoms with Crippen molar-refractivity contribution >= 4 is 0 Å². The second-order valence-electron chi connectivity index (χ2n) is 3.97. The van der Waals surface area contributed by atoms with Crippen molar-refractivity contribution in [3.63, 3.8) is 0 Å². The number of hydrogen-bond acceptors (Lipinski definition) is 1. The van der Waals surface area contributed by atoms with Gasteiger partial charge in [-0.15, -0.1) is 0 Å². The minimum Gasteiger partial charge on any atom is -0.504 e. The SMILES string of the molecule is [2H]C([2H])(CCCCC)/C(=C\OC)CCCCC. The molecule has 1 nitrogen and oxygen atoms in total. The number of unbranched alkanes of at least 4 members (excludes halogenated alkanes) is 4. The first-order chi connectivity index (χ1) is 8.08. The molecule has 1 heteroatoms. The fourth-order valence-corrected chi connectivity index (χ4v) is 1.52. The maximum atomic E-state index is 8.12. The third-order valence-corrected chi connectivity index (χ3v) is 2.44. The molecular formula is C14H28O. The summed E-state index contributed by atoms with van der Waals surface area (Å²) in [5.41, 5.74) is 0.824. The van der Waals surface area contributed by atoms with E-state index >= 15 is 0 Å². The Bertz CT molecular complexity index is 212. The molecular weight excluding hydrogens is 184 g/mol. The Morgan fingerprint density at radius 3 is 2.33 bits per heavy atom. The van der Waals surface area contributed by atoms with Crippen LogP contribution in [0.5, 0.6) is 0 Å². The quantitative estimate of drug-likeness (QED) is 0.364. The van der Waals surface area contributed by atoms with E-state index in [9.17, 15) is 0 Å². The van der Waals surface area contributed by atoms with Crippen LogP contribution in [0.1, 0.15) is 74.3 Å². The van der Waals surface area contributed by atoms with Crippen LogP contribution in [0, 0.1) is 0 Å². The van der Waals surface area contributed by atoms with Crippen LogP contribution in [0.3, 0.4) is 0 Å². The average Bonchev–Trinajstić information content (AvgIpc) is 2.28. The van der Waals surface area contributed by atoms with E-state index in [0.717, 1.165) is 44.1 Å². The third kappa shape index (κ3) is 9.84. The van der Waals surface area contributed by atoms with Crippen molar-refractivity contribution in [2.75, 3.05) is 7.11 Å².